The summed E-state index contributed by atoms with van der Waals surface area (Å²) in [5.74, 6) is 0.860. The van der Waals surface area contributed by atoms with Gasteiger partial charge in [0, 0.05) is 24.3 Å². The number of anilines is 2. The van der Waals surface area contributed by atoms with Crippen LogP contribution in [0.3, 0.4) is 0 Å². The van der Waals surface area contributed by atoms with Crippen LogP contribution < -0.4 is 19.7 Å². The number of amides is 1. The quantitative estimate of drug-likeness (QED) is 0.544. The number of hydrogen-bond donors (Lipinski definition) is 1. The summed E-state index contributed by atoms with van der Waals surface area (Å²) in [7, 11) is 1.57. The van der Waals surface area contributed by atoms with Gasteiger partial charge in [0.2, 0.25) is 0 Å². The van der Waals surface area contributed by atoms with Crippen molar-refractivity contribution in [3.8, 4) is 11.5 Å². The lowest BCUT2D eigenvalue weighted by Crippen LogP contribution is -2.36. The molecule has 7 nitrogen and oxygen atoms in total. The maximum Gasteiger partial charge on any atom is 0.255 e. The van der Waals surface area contributed by atoms with Crippen LogP contribution in [0.5, 0.6) is 11.5 Å². The molecule has 0 unspecified atom stereocenters. The molecule has 1 amide bonds. The Bertz CT molecular complexity index is 1070. The van der Waals surface area contributed by atoms with Gasteiger partial charge in [-0.05, 0) is 53.2 Å². The van der Waals surface area contributed by atoms with Crippen LogP contribution in [0.1, 0.15) is 17.3 Å². The molecule has 4 rings (SSSR count). The van der Waals surface area contributed by atoms with Crippen molar-refractivity contribution in [1.82, 2.24) is 4.98 Å². The van der Waals surface area contributed by atoms with E-state index in [9.17, 15) is 4.79 Å². The zero-order chi connectivity index (χ0) is 21.1. The number of morpholine rings is 1. The summed E-state index contributed by atoms with van der Waals surface area (Å²) >= 11 is 5.07. The van der Waals surface area contributed by atoms with Crippen molar-refractivity contribution in [3.63, 3.8) is 0 Å². The van der Waals surface area contributed by atoms with E-state index in [1.165, 1.54) is 0 Å². The minimum absolute atomic E-state index is 0.225. The van der Waals surface area contributed by atoms with E-state index >= 15 is 0 Å². The zero-order valence-electron chi connectivity index (χ0n) is 16.7. The number of hydrogen-bond acceptors (Lipinski definition) is 7. The first-order valence-corrected chi connectivity index (χ1v) is 11.2. The third-order valence-electron chi connectivity index (χ3n) is 4.69. The van der Waals surface area contributed by atoms with Crippen LogP contribution in [0.2, 0.25) is 0 Å². The monoisotopic (exact) mass is 491 g/mol. The van der Waals surface area contributed by atoms with Gasteiger partial charge in [0.25, 0.3) is 5.91 Å². The first kappa shape index (κ1) is 20.9. The number of nitrogens with zero attached hydrogens (tertiary/aromatic N) is 2. The Kier molecular flexibility index (Phi) is 6.40. The highest BCUT2D eigenvalue weighted by atomic mass is 79.9. The Morgan fingerprint density at radius 2 is 2.10 bits per heavy atom. The maximum atomic E-state index is 12.8. The second-order valence-electron chi connectivity index (χ2n) is 6.65. The molecule has 1 aliphatic heterocycles. The third-order valence-corrected chi connectivity index (χ3v) is 6.36. The summed E-state index contributed by atoms with van der Waals surface area (Å²) in [6.45, 7) is 5.49. The molecule has 30 heavy (non-hydrogen) atoms. The number of carbonyl (C=O) groups is 1. The number of ether oxygens (including phenoxy) is 3. The minimum atomic E-state index is -0.225. The average Bonchev–Trinajstić information content (AvgIpc) is 3.18. The fourth-order valence-electron chi connectivity index (χ4n) is 3.24. The highest BCUT2D eigenvalue weighted by molar-refractivity contribution is 9.10. The number of rotatable bonds is 6. The van der Waals surface area contributed by atoms with Crippen LogP contribution in [0.25, 0.3) is 10.2 Å². The van der Waals surface area contributed by atoms with Crippen LogP contribution >= 0.6 is 27.3 Å². The van der Waals surface area contributed by atoms with Crippen molar-refractivity contribution in [2.24, 2.45) is 0 Å². The van der Waals surface area contributed by atoms with Gasteiger partial charge in [-0.15, -0.1) is 0 Å². The first-order chi connectivity index (χ1) is 14.6. The molecule has 1 aliphatic rings. The highest BCUT2D eigenvalue weighted by Crippen LogP contribution is 2.37. The Morgan fingerprint density at radius 1 is 1.30 bits per heavy atom. The fourth-order valence-corrected chi connectivity index (χ4v) is 4.90. The molecule has 1 aromatic heterocycles. The van der Waals surface area contributed by atoms with Crippen LogP contribution in [0, 0.1) is 0 Å². The van der Waals surface area contributed by atoms with E-state index in [2.05, 4.69) is 26.1 Å². The average molecular weight is 492 g/mol. The number of fused-ring (bicyclic) bond motifs is 1. The van der Waals surface area contributed by atoms with Gasteiger partial charge < -0.3 is 24.4 Å². The standard InChI is InChI=1S/C21H22BrN3O4S/c1-3-29-17-11-13(10-15(22)19(17)27-2)20(26)23-14-4-5-16-18(12-14)30-21(24-16)25-6-8-28-9-7-25/h4-5,10-12H,3,6-9H2,1-2H3,(H,23,26). The lowest BCUT2D eigenvalue weighted by Gasteiger charge is -2.25. The number of carbonyl (C=O) groups excluding carboxylic acids is 1. The predicted molar refractivity (Wildman–Crippen MR) is 122 cm³/mol. The van der Waals surface area contributed by atoms with Crippen LogP contribution in [-0.2, 0) is 4.74 Å². The van der Waals surface area contributed by atoms with Gasteiger partial charge >= 0.3 is 0 Å². The molecular weight excluding hydrogens is 470 g/mol. The van der Waals surface area contributed by atoms with E-state index in [4.69, 9.17) is 19.2 Å². The number of methoxy groups -OCH3 is 1. The molecule has 158 valence electrons. The minimum Gasteiger partial charge on any atom is -0.492 e. The zero-order valence-corrected chi connectivity index (χ0v) is 19.1. The highest BCUT2D eigenvalue weighted by Gasteiger charge is 2.18. The Labute approximate surface area is 187 Å². The molecular formula is C21H22BrN3O4S. The van der Waals surface area contributed by atoms with Crippen molar-refractivity contribution < 1.29 is 19.0 Å². The van der Waals surface area contributed by atoms with E-state index in [0.29, 0.717) is 28.1 Å². The van der Waals surface area contributed by atoms with Crippen molar-refractivity contribution in [2.45, 2.75) is 6.92 Å². The lowest BCUT2D eigenvalue weighted by molar-refractivity contribution is 0.102. The van der Waals surface area contributed by atoms with Gasteiger partial charge in [-0.1, -0.05) is 11.3 Å². The van der Waals surface area contributed by atoms with Crippen molar-refractivity contribution in [2.75, 3.05) is 50.2 Å². The second-order valence-corrected chi connectivity index (χ2v) is 8.52. The molecule has 0 saturated carbocycles. The Hall–Kier alpha value is -2.36. The van der Waals surface area contributed by atoms with E-state index in [1.807, 2.05) is 25.1 Å². The Morgan fingerprint density at radius 3 is 2.83 bits per heavy atom. The Balaban J connectivity index is 1.55. The van der Waals surface area contributed by atoms with E-state index in [-0.39, 0.29) is 5.91 Å². The lowest BCUT2D eigenvalue weighted by atomic mass is 10.1. The number of aromatic nitrogens is 1. The first-order valence-electron chi connectivity index (χ1n) is 9.64. The summed E-state index contributed by atoms with van der Waals surface area (Å²) in [5.41, 5.74) is 2.12. The van der Waals surface area contributed by atoms with Crippen LogP contribution in [0.4, 0.5) is 10.8 Å². The van der Waals surface area contributed by atoms with Gasteiger partial charge in [-0.25, -0.2) is 4.98 Å². The number of nitrogens with one attached hydrogen (secondary N) is 1. The molecule has 2 aromatic carbocycles. The fraction of sp³-hybridized carbons (Fsp3) is 0.333. The summed E-state index contributed by atoms with van der Waals surface area (Å²) in [6, 6.07) is 9.16. The van der Waals surface area contributed by atoms with Crippen molar-refractivity contribution in [1.29, 1.82) is 0 Å². The molecule has 0 radical (unpaired) electrons. The molecule has 3 aromatic rings. The number of benzene rings is 2. The second kappa shape index (κ2) is 9.20. The largest absolute Gasteiger partial charge is 0.492 e. The SMILES string of the molecule is CCOc1cc(C(=O)Nc2ccc3nc(N4CCOCC4)sc3c2)cc(Br)c1OC. The van der Waals surface area contributed by atoms with Gasteiger partial charge in [-0.3, -0.25) is 4.79 Å². The molecule has 0 aliphatic carbocycles. The number of halogens is 1. The molecule has 9 heteroatoms. The molecule has 1 N–H and O–H groups in total. The smallest absolute Gasteiger partial charge is 0.255 e. The summed E-state index contributed by atoms with van der Waals surface area (Å²) in [4.78, 5) is 19.8. The summed E-state index contributed by atoms with van der Waals surface area (Å²) in [6.07, 6.45) is 0. The number of thiazole rings is 1. The summed E-state index contributed by atoms with van der Waals surface area (Å²) in [5, 5.41) is 3.95. The van der Waals surface area contributed by atoms with E-state index in [1.54, 1.807) is 30.6 Å². The third kappa shape index (κ3) is 4.38. The van der Waals surface area contributed by atoms with Gasteiger partial charge in [0.05, 0.1) is 41.6 Å². The topological polar surface area (TPSA) is 72.9 Å². The molecule has 1 saturated heterocycles. The van der Waals surface area contributed by atoms with Crippen LogP contribution in [0.15, 0.2) is 34.8 Å². The molecule has 0 spiro atoms. The molecule has 2 heterocycles. The molecule has 0 atom stereocenters. The maximum absolute atomic E-state index is 12.8. The van der Waals surface area contributed by atoms with Crippen LogP contribution in [-0.4, -0.2) is 50.9 Å². The van der Waals surface area contributed by atoms with Gasteiger partial charge in [0.1, 0.15) is 0 Å². The molecule has 1 fully saturated rings. The molecule has 0 bridgehead atoms. The normalized spacial score (nSPS) is 14.0. The van der Waals surface area contributed by atoms with Crippen molar-refractivity contribution >= 4 is 54.2 Å². The van der Waals surface area contributed by atoms with E-state index < -0.39 is 0 Å². The van der Waals surface area contributed by atoms with Gasteiger partial charge in [-0.2, -0.15) is 0 Å². The summed E-state index contributed by atoms with van der Waals surface area (Å²) < 4.78 is 18.1. The van der Waals surface area contributed by atoms with Crippen molar-refractivity contribution in [3.05, 3.63) is 40.4 Å². The van der Waals surface area contributed by atoms with E-state index in [0.717, 1.165) is 47.3 Å². The predicted octanol–water partition coefficient (Wildman–Crippen LogP) is 4.56. The van der Waals surface area contributed by atoms with Gasteiger partial charge in [0.15, 0.2) is 16.6 Å².